The smallest absolute Gasteiger partial charge is 0.263 e. The van der Waals surface area contributed by atoms with Gasteiger partial charge in [0.2, 0.25) is 5.91 Å². The fourth-order valence-electron chi connectivity index (χ4n) is 2.96. The molecule has 0 saturated heterocycles. The molecule has 4 rings (SSSR count). The van der Waals surface area contributed by atoms with Crippen molar-refractivity contribution in [2.75, 3.05) is 11.9 Å². The molecular formula is C20H19ClN4O4S. The molecule has 30 heavy (non-hydrogen) atoms. The molecule has 156 valence electrons. The summed E-state index contributed by atoms with van der Waals surface area (Å²) in [7, 11) is 0. The number of aromatic nitrogens is 2. The zero-order chi connectivity index (χ0) is 20.9. The summed E-state index contributed by atoms with van der Waals surface area (Å²) in [5.74, 6) is 2.66. The van der Waals surface area contributed by atoms with Crippen LogP contribution in [0.25, 0.3) is 0 Å². The maximum Gasteiger partial charge on any atom is 0.263 e. The largest absolute Gasteiger partial charge is 0.484 e. The zero-order valence-corrected chi connectivity index (χ0v) is 17.5. The van der Waals surface area contributed by atoms with Gasteiger partial charge in [-0.05, 0) is 36.4 Å². The van der Waals surface area contributed by atoms with E-state index < -0.39 is 0 Å². The predicted molar refractivity (Wildman–Crippen MR) is 113 cm³/mol. The van der Waals surface area contributed by atoms with Gasteiger partial charge in [0.1, 0.15) is 23.9 Å². The minimum atomic E-state index is -0.332. The van der Waals surface area contributed by atoms with Crippen molar-refractivity contribution in [2.24, 2.45) is 0 Å². The number of hydrogen-bond donors (Lipinski definition) is 2. The molecule has 0 spiro atoms. The molecule has 3 heterocycles. The van der Waals surface area contributed by atoms with Crippen LogP contribution in [0.1, 0.15) is 17.0 Å². The van der Waals surface area contributed by atoms with Crippen LogP contribution in [0, 0.1) is 0 Å². The molecule has 2 N–H and O–H groups in total. The Morgan fingerprint density at radius 3 is 2.80 bits per heavy atom. The maximum atomic E-state index is 12.4. The summed E-state index contributed by atoms with van der Waals surface area (Å²) in [5, 5.41) is 10.7. The Labute approximate surface area is 181 Å². The summed E-state index contributed by atoms with van der Waals surface area (Å²) in [6, 6.07) is 10.3. The van der Waals surface area contributed by atoms with Crippen LogP contribution >= 0.6 is 23.4 Å². The lowest BCUT2D eigenvalue weighted by molar-refractivity contribution is -0.122. The number of amides is 2. The van der Waals surface area contributed by atoms with E-state index in [9.17, 15) is 9.59 Å². The van der Waals surface area contributed by atoms with Crippen LogP contribution in [-0.4, -0.2) is 28.2 Å². The average molecular weight is 447 g/mol. The first kappa shape index (κ1) is 20.4. The zero-order valence-electron chi connectivity index (χ0n) is 15.9. The fraction of sp³-hybridized carbons (Fsp3) is 0.250. The number of carbonyl (C=O) groups is 2. The van der Waals surface area contributed by atoms with Crippen LogP contribution in [-0.2, 0) is 34.2 Å². The Balaban J connectivity index is 1.38. The van der Waals surface area contributed by atoms with E-state index in [2.05, 4.69) is 15.7 Å². The normalized spacial score (nSPS) is 12.4. The summed E-state index contributed by atoms with van der Waals surface area (Å²) >= 11 is 7.56. The summed E-state index contributed by atoms with van der Waals surface area (Å²) in [6.45, 7) is 0.116. The van der Waals surface area contributed by atoms with E-state index in [1.807, 2.05) is 0 Å². The van der Waals surface area contributed by atoms with Crippen LogP contribution in [0.4, 0.5) is 5.82 Å². The molecule has 0 bridgehead atoms. The summed E-state index contributed by atoms with van der Waals surface area (Å²) in [6.07, 6.45) is 1.55. The minimum Gasteiger partial charge on any atom is -0.484 e. The lowest BCUT2D eigenvalue weighted by atomic mass is 10.3. The standard InChI is InChI=1S/C20H19ClN4O4S/c21-13-3-5-14(6-4-13)29-10-19(27)23-20-16-11-30-12-17(16)24-25(20)9-18(26)22-8-15-2-1-7-28-15/h1-7H,8-12H2,(H,22,26)(H,23,27). The van der Waals surface area contributed by atoms with E-state index in [-0.39, 0.29) is 25.0 Å². The highest BCUT2D eigenvalue weighted by Gasteiger charge is 2.25. The molecule has 0 atom stereocenters. The summed E-state index contributed by atoms with van der Waals surface area (Å²) < 4.78 is 12.2. The van der Waals surface area contributed by atoms with Gasteiger partial charge >= 0.3 is 0 Å². The Morgan fingerprint density at radius 1 is 1.20 bits per heavy atom. The third-order valence-corrected chi connectivity index (χ3v) is 5.62. The van der Waals surface area contributed by atoms with E-state index in [4.69, 9.17) is 20.8 Å². The molecule has 0 unspecified atom stereocenters. The Hall–Kier alpha value is -2.91. The molecule has 0 saturated carbocycles. The molecule has 0 radical (unpaired) electrons. The van der Waals surface area contributed by atoms with Gasteiger partial charge in [-0.2, -0.15) is 16.9 Å². The van der Waals surface area contributed by atoms with E-state index in [0.717, 1.165) is 22.8 Å². The number of halogens is 1. The third-order valence-electron chi connectivity index (χ3n) is 4.39. The highest BCUT2D eigenvalue weighted by molar-refractivity contribution is 7.98. The lowest BCUT2D eigenvalue weighted by Crippen LogP contribution is -2.29. The van der Waals surface area contributed by atoms with Crippen LogP contribution in [0.5, 0.6) is 5.75 Å². The highest BCUT2D eigenvalue weighted by atomic mass is 35.5. The number of anilines is 1. The number of furan rings is 1. The summed E-state index contributed by atoms with van der Waals surface area (Å²) in [4.78, 5) is 24.8. The molecule has 8 nitrogen and oxygen atoms in total. The van der Waals surface area contributed by atoms with Crippen molar-refractivity contribution < 1.29 is 18.7 Å². The quantitative estimate of drug-likeness (QED) is 0.551. The van der Waals surface area contributed by atoms with Crippen molar-refractivity contribution in [1.82, 2.24) is 15.1 Å². The number of nitrogens with one attached hydrogen (secondary N) is 2. The van der Waals surface area contributed by atoms with Gasteiger partial charge in [0, 0.05) is 22.1 Å². The number of hydrogen-bond acceptors (Lipinski definition) is 6. The van der Waals surface area contributed by atoms with Crippen molar-refractivity contribution in [3.63, 3.8) is 0 Å². The second-order valence-corrected chi connectivity index (χ2v) is 7.99. The first-order valence-electron chi connectivity index (χ1n) is 9.22. The van der Waals surface area contributed by atoms with Crippen LogP contribution in [0.15, 0.2) is 47.1 Å². The number of nitrogens with zero attached hydrogens (tertiary/aromatic N) is 2. The Morgan fingerprint density at radius 2 is 2.03 bits per heavy atom. The second kappa shape index (κ2) is 9.27. The number of benzene rings is 1. The topological polar surface area (TPSA) is 98.4 Å². The molecular weight excluding hydrogens is 428 g/mol. The van der Waals surface area contributed by atoms with Crippen molar-refractivity contribution in [1.29, 1.82) is 0 Å². The maximum absolute atomic E-state index is 12.4. The molecule has 10 heteroatoms. The third kappa shape index (κ3) is 4.98. The molecule has 1 aromatic carbocycles. The molecule has 0 aliphatic carbocycles. The van der Waals surface area contributed by atoms with Gasteiger partial charge in [-0.15, -0.1) is 0 Å². The van der Waals surface area contributed by atoms with Gasteiger partial charge in [0.05, 0.1) is 18.5 Å². The van der Waals surface area contributed by atoms with Gasteiger partial charge in [-0.1, -0.05) is 11.6 Å². The molecule has 1 aliphatic heterocycles. The Bertz CT molecular complexity index is 1030. The van der Waals surface area contributed by atoms with Crippen molar-refractivity contribution in [3.8, 4) is 5.75 Å². The molecule has 0 fully saturated rings. The van der Waals surface area contributed by atoms with Gasteiger partial charge in [0.25, 0.3) is 5.91 Å². The number of ether oxygens (including phenoxy) is 1. The number of thioether (sulfide) groups is 1. The van der Waals surface area contributed by atoms with E-state index >= 15 is 0 Å². The molecule has 1 aliphatic rings. The number of carbonyl (C=O) groups excluding carboxylic acids is 2. The van der Waals surface area contributed by atoms with Crippen LogP contribution in [0.3, 0.4) is 0 Å². The van der Waals surface area contributed by atoms with Crippen LogP contribution in [0.2, 0.25) is 5.02 Å². The van der Waals surface area contributed by atoms with Gasteiger partial charge < -0.3 is 19.8 Å². The van der Waals surface area contributed by atoms with Crippen molar-refractivity contribution >= 4 is 41.0 Å². The van der Waals surface area contributed by atoms with Crippen LogP contribution < -0.4 is 15.4 Å². The van der Waals surface area contributed by atoms with E-state index in [0.29, 0.717) is 28.9 Å². The Kier molecular flexibility index (Phi) is 6.29. The van der Waals surface area contributed by atoms with Gasteiger partial charge in [-0.3, -0.25) is 9.59 Å². The molecule has 3 aromatic rings. The number of rotatable bonds is 8. The molecule has 2 amide bonds. The lowest BCUT2D eigenvalue weighted by Gasteiger charge is -2.12. The predicted octanol–water partition coefficient (Wildman–Crippen LogP) is 3.21. The van der Waals surface area contributed by atoms with Crippen molar-refractivity contribution in [3.05, 3.63) is 64.7 Å². The van der Waals surface area contributed by atoms with Crippen molar-refractivity contribution in [2.45, 2.75) is 24.6 Å². The average Bonchev–Trinajstić information content (AvgIpc) is 3.46. The second-order valence-electron chi connectivity index (χ2n) is 6.57. The summed E-state index contributed by atoms with van der Waals surface area (Å²) in [5.41, 5.74) is 1.83. The monoisotopic (exact) mass is 446 g/mol. The minimum absolute atomic E-state index is 0.00791. The number of fused-ring (bicyclic) bond motifs is 1. The van der Waals surface area contributed by atoms with Gasteiger partial charge in [-0.25, -0.2) is 4.68 Å². The fourth-order valence-corrected chi connectivity index (χ4v) is 4.12. The first-order valence-corrected chi connectivity index (χ1v) is 10.8. The molecule has 2 aromatic heterocycles. The SMILES string of the molecule is O=C(Cn1nc2c(c1NC(=O)COc1ccc(Cl)cc1)CSC2)NCc1ccco1. The highest BCUT2D eigenvalue weighted by Crippen LogP contribution is 2.34. The first-order chi connectivity index (χ1) is 14.6. The van der Waals surface area contributed by atoms with E-state index in [1.54, 1.807) is 54.4 Å². The van der Waals surface area contributed by atoms with E-state index in [1.165, 1.54) is 4.68 Å². The van der Waals surface area contributed by atoms with Gasteiger partial charge in [0.15, 0.2) is 6.61 Å².